The van der Waals surface area contributed by atoms with Crippen LogP contribution >= 0.6 is 14.9 Å². The van der Waals surface area contributed by atoms with Gasteiger partial charge in [-0.2, -0.15) is 0 Å². The summed E-state index contributed by atoms with van der Waals surface area (Å²) in [5, 5.41) is -1.58. The molecule has 7 heteroatoms. The van der Waals surface area contributed by atoms with Crippen molar-refractivity contribution in [2.45, 2.75) is 175 Å². The fraction of sp³-hybridized carbons (Fsp3) is 0.562. The Hall–Kier alpha value is -1.24. The Kier molecular flexibility index (Phi) is 20.5. The molecule has 302 valence electrons. The summed E-state index contributed by atoms with van der Waals surface area (Å²) in [5.41, 5.74) is 13.6. The number of benzene rings is 3. The molecular weight excluding hydrogens is 804 g/mol. The number of nitrogens with zero attached hydrogens (tertiary/aromatic N) is 2. The monoisotopic (exact) mass is 877 g/mol. The molecule has 0 amide bonds. The Morgan fingerprint density at radius 2 is 1.09 bits per heavy atom. The molecule has 2 fully saturated rings. The van der Waals surface area contributed by atoms with E-state index >= 15 is 0 Å². The van der Waals surface area contributed by atoms with Crippen LogP contribution in [0.5, 0.6) is 0 Å². The number of thiol groups is 1. The molecule has 2 aliphatic carbocycles. The largest absolute Gasteiger partial charge is 0.813 e. The topological polar surface area (TPSA) is 15.6 Å². The van der Waals surface area contributed by atoms with E-state index < -0.39 is 19.8 Å². The van der Waals surface area contributed by atoms with Crippen molar-refractivity contribution in [1.82, 2.24) is 0 Å². The summed E-state index contributed by atoms with van der Waals surface area (Å²) in [6.45, 7) is 25.3. The van der Waals surface area contributed by atoms with Crippen LogP contribution in [0.1, 0.15) is 185 Å². The van der Waals surface area contributed by atoms with Crippen LogP contribution in [0.15, 0.2) is 83.5 Å². The van der Waals surface area contributed by atoms with Crippen molar-refractivity contribution >= 4 is 71.8 Å². The van der Waals surface area contributed by atoms with Crippen LogP contribution in [0.2, 0.25) is 0 Å². The first-order valence-electron chi connectivity index (χ1n) is 21.1. The number of aryl methyl sites for hydroxylation is 1. The van der Waals surface area contributed by atoms with Crippen LogP contribution in [0, 0.1) is 6.92 Å². The van der Waals surface area contributed by atoms with Crippen LogP contribution in [0.3, 0.4) is 0 Å². The quantitative estimate of drug-likeness (QED) is 0.0559. The SMILES string of the molecule is CC(/C=C(/C)[N]([Ge][S]P(=S)(C1CCCCC1)C1CCCCC1)c1c(C(C)C)cccc1C(C)C)=Nc1c(C(C)C)cccc1C(C)C.Cc1ccccc1.[SH-]. The van der Waals surface area contributed by atoms with Gasteiger partial charge in [0.15, 0.2) is 0 Å². The molecule has 0 saturated heterocycles. The molecule has 0 bridgehead atoms. The molecule has 0 unspecified atom stereocenters. The van der Waals surface area contributed by atoms with Gasteiger partial charge in [0.05, 0.1) is 0 Å². The summed E-state index contributed by atoms with van der Waals surface area (Å²) in [6.07, 6.45) is 16.2. The van der Waals surface area contributed by atoms with E-state index in [0.29, 0.717) is 23.7 Å². The predicted molar refractivity (Wildman–Crippen MR) is 260 cm³/mol. The number of aliphatic imine (C=N–C) groups is 1. The van der Waals surface area contributed by atoms with Crippen molar-refractivity contribution in [3.8, 4) is 0 Å². The Morgan fingerprint density at radius 1 is 0.673 bits per heavy atom. The Balaban J connectivity index is 0.000000911. The molecule has 0 spiro atoms. The van der Waals surface area contributed by atoms with Gasteiger partial charge < -0.3 is 13.5 Å². The summed E-state index contributed by atoms with van der Waals surface area (Å²) in [7, 11) is 2.35. The first kappa shape index (κ1) is 48.1. The number of rotatable bonds is 13. The first-order chi connectivity index (χ1) is 25.7. The maximum absolute atomic E-state index is 7.05. The third kappa shape index (κ3) is 13.4. The Morgan fingerprint density at radius 3 is 1.47 bits per heavy atom. The molecule has 2 saturated carbocycles. The van der Waals surface area contributed by atoms with E-state index in [1.54, 1.807) is 0 Å². The zero-order chi connectivity index (χ0) is 39.4. The van der Waals surface area contributed by atoms with Crippen molar-refractivity contribution < 1.29 is 0 Å². The molecule has 2 nitrogen and oxygen atoms in total. The maximum Gasteiger partial charge on any atom is -0.0398 e. The van der Waals surface area contributed by atoms with Crippen LogP contribution in [-0.4, -0.2) is 31.5 Å². The average molecular weight is 877 g/mol. The molecule has 2 radical (unpaired) electrons. The van der Waals surface area contributed by atoms with Gasteiger partial charge in [-0.25, -0.2) is 0 Å². The molecule has 3 aromatic rings. The zero-order valence-electron chi connectivity index (χ0n) is 36.1. The van der Waals surface area contributed by atoms with Crippen molar-refractivity contribution in [3.05, 3.63) is 106 Å². The van der Waals surface area contributed by atoms with E-state index in [1.165, 1.54) is 109 Å². The number of allylic oxidation sites excluding steroid dienone is 2. The first-order valence-corrected chi connectivity index (χ1v) is 29.0. The van der Waals surface area contributed by atoms with Gasteiger partial charge in [-0.15, -0.1) is 0 Å². The van der Waals surface area contributed by atoms with E-state index in [-0.39, 0.29) is 13.5 Å². The molecule has 0 heterocycles. The minimum Gasteiger partial charge on any atom is -0.813 e. The summed E-state index contributed by atoms with van der Waals surface area (Å²) in [6, 6.07) is 24.1. The van der Waals surface area contributed by atoms with Gasteiger partial charge in [0.1, 0.15) is 0 Å². The van der Waals surface area contributed by atoms with Crippen LogP contribution < -0.4 is 3.86 Å². The van der Waals surface area contributed by atoms with E-state index in [0.717, 1.165) is 17.0 Å². The molecule has 2 aliphatic rings. The van der Waals surface area contributed by atoms with E-state index in [4.69, 9.17) is 16.8 Å². The minimum absolute atomic E-state index is 0. The van der Waals surface area contributed by atoms with Crippen LogP contribution in [0.25, 0.3) is 0 Å². The van der Waals surface area contributed by atoms with Crippen LogP contribution in [-0.2, 0) is 25.3 Å². The summed E-state index contributed by atoms with van der Waals surface area (Å²) in [5.74, 6) is 1.77. The van der Waals surface area contributed by atoms with E-state index in [9.17, 15) is 0 Å². The molecule has 55 heavy (non-hydrogen) atoms. The molecular formula is C48H72GeN2PS3-. The van der Waals surface area contributed by atoms with Crippen molar-refractivity contribution in [3.63, 3.8) is 0 Å². The van der Waals surface area contributed by atoms with E-state index in [1.807, 2.05) is 18.2 Å². The Labute approximate surface area is 359 Å². The Bertz CT molecular complexity index is 1650. The van der Waals surface area contributed by atoms with Gasteiger partial charge in [-0.1, -0.05) is 35.9 Å². The van der Waals surface area contributed by atoms with Gasteiger partial charge in [0, 0.05) is 0 Å². The normalized spacial score (nSPS) is 16.3. The second kappa shape index (κ2) is 23.4. The van der Waals surface area contributed by atoms with Crippen molar-refractivity contribution in [1.29, 1.82) is 0 Å². The fourth-order valence-corrected chi connectivity index (χ4v) is 29.1. The second-order valence-corrected chi connectivity index (χ2v) is 30.6. The minimum atomic E-state index is -1.58. The van der Waals surface area contributed by atoms with Gasteiger partial charge in [0.2, 0.25) is 0 Å². The van der Waals surface area contributed by atoms with Crippen LogP contribution in [0.4, 0.5) is 11.4 Å². The van der Waals surface area contributed by atoms with Crippen molar-refractivity contribution in [2.24, 2.45) is 4.99 Å². The zero-order valence-corrected chi connectivity index (χ0v) is 41.6. The van der Waals surface area contributed by atoms with Gasteiger partial charge in [-0.3, -0.25) is 0 Å². The van der Waals surface area contributed by atoms with Gasteiger partial charge in [0.25, 0.3) is 0 Å². The molecule has 5 rings (SSSR count). The second-order valence-electron chi connectivity index (χ2n) is 17.1. The third-order valence-corrected chi connectivity index (χ3v) is 32.4. The van der Waals surface area contributed by atoms with E-state index in [2.05, 4.69) is 144 Å². The smallest absolute Gasteiger partial charge is 0.0398 e. The summed E-state index contributed by atoms with van der Waals surface area (Å²) >= 11 is 6.42. The average Bonchev–Trinajstić information content (AvgIpc) is 3.15. The standard InChI is InChI=1S/C41H63GeN2PS2.C7H8.H2S/c1-28(2)36-23-17-24-37(29(3)4)40(36)43-32(9)27-33(10)44(41-38(30(5)6)25-18-26-39(41)31(7)8)42-47-45(46,34-19-13-11-14-20-34)35-21-15-12-16-22-35;1-7-5-3-2-4-6-7;/h17-18,23-31,34-35H,11-16,19-22H2,1-10H3;2-6H,1H3;1H2/p-1/b33-27-,43-32?;;. The van der Waals surface area contributed by atoms with Gasteiger partial charge in [-0.05, 0) is 6.92 Å². The molecule has 0 aromatic heterocycles. The summed E-state index contributed by atoms with van der Waals surface area (Å²) < 4.78 is 2.79. The fourth-order valence-electron chi connectivity index (χ4n) is 8.25. The van der Waals surface area contributed by atoms with Crippen molar-refractivity contribution in [2.75, 3.05) is 3.86 Å². The molecule has 0 aliphatic heterocycles. The third-order valence-electron chi connectivity index (χ3n) is 11.3. The molecule has 3 aromatic carbocycles. The molecule has 0 N–H and O–H groups in total. The number of para-hydroxylation sites is 2. The predicted octanol–water partition coefficient (Wildman–Crippen LogP) is 15.7. The number of anilines is 1. The number of hydrogen-bond acceptors (Lipinski definition) is 5. The maximum atomic E-state index is 7.05. The number of hydrogen-bond donors (Lipinski definition) is 0. The van der Waals surface area contributed by atoms with Gasteiger partial charge >= 0.3 is 306 Å². The summed E-state index contributed by atoms with van der Waals surface area (Å²) in [4.78, 5) is 5.40. The molecule has 0 atom stereocenters.